The summed E-state index contributed by atoms with van der Waals surface area (Å²) in [5.41, 5.74) is 0. The molecule has 0 aliphatic carbocycles. The van der Waals surface area contributed by atoms with Crippen LogP contribution in [-0.2, 0) is 4.79 Å². The van der Waals surface area contributed by atoms with Crippen LogP contribution in [0.1, 0.15) is 9.67 Å². The number of carbonyl (C=O) groups excluding carboxylic acids is 1. The Labute approximate surface area is 117 Å². The fourth-order valence-corrected chi connectivity index (χ4v) is 2.99. The number of aliphatic hydroxyl groups is 1. The van der Waals surface area contributed by atoms with Gasteiger partial charge in [0.05, 0.1) is 11.6 Å². The Morgan fingerprint density at radius 2 is 2.05 bits per heavy atom. The lowest BCUT2D eigenvalue weighted by atomic mass is 10.2. The van der Waals surface area contributed by atoms with E-state index in [9.17, 15) is 9.59 Å². The molecule has 0 bridgehead atoms. The van der Waals surface area contributed by atoms with E-state index in [1.54, 1.807) is 12.1 Å². The number of benzene rings is 1. The van der Waals surface area contributed by atoms with Crippen molar-refractivity contribution in [2.45, 2.75) is 6.04 Å². The summed E-state index contributed by atoms with van der Waals surface area (Å²) >= 11 is 7.28. The van der Waals surface area contributed by atoms with E-state index in [-0.39, 0.29) is 4.88 Å². The Balaban J connectivity index is 2.31. The standard InChI is InChI=1S/C12H10ClNO4S/c13-9-6-3-1-2-4-8(6)19-10(9)11(16)14-7(5-15)12(17)18/h1-4,7,15H,5H2,(H,14,16)(H,17,18)/t7-/m1/s1. The Morgan fingerprint density at radius 1 is 1.37 bits per heavy atom. The molecule has 0 unspecified atom stereocenters. The number of thiophene rings is 1. The van der Waals surface area contributed by atoms with E-state index in [0.29, 0.717) is 5.02 Å². The minimum atomic E-state index is -1.34. The number of carboxylic acids is 1. The number of carbonyl (C=O) groups is 2. The second-order valence-corrected chi connectivity index (χ2v) is 5.22. The third kappa shape index (κ3) is 2.70. The van der Waals surface area contributed by atoms with Crippen molar-refractivity contribution < 1.29 is 19.8 Å². The zero-order valence-corrected chi connectivity index (χ0v) is 11.2. The lowest BCUT2D eigenvalue weighted by Gasteiger charge is -2.10. The van der Waals surface area contributed by atoms with Crippen LogP contribution in [-0.4, -0.2) is 34.7 Å². The molecule has 1 aromatic carbocycles. The number of halogens is 1. The topological polar surface area (TPSA) is 86.6 Å². The van der Waals surface area contributed by atoms with Gasteiger partial charge in [-0.3, -0.25) is 4.79 Å². The van der Waals surface area contributed by atoms with E-state index in [4.69, 9.17) is 21.8 Å². The van der Waals surface area contributed by atoms with E-state index in [1.165, 1.54) is 11.3 Å². The SMILES string of the molecule is O=C(N[C@H](CO)C(=O)O)c1sc2ccccc2c1Cl. The van der Waals surface area contributed by atoms with Crippen LogP contribution in [0.25, 0.3) is 10.1 Å². The lowest BCUT2D eigenvalue weighted by molar-refractivity contribution is -0.140. The second kappa shape index (κ2) is 5.56. The van der Waals surface area contributed by atoms with Crippen LogP contribution in [0.3, 0.4) is 0 Å². The van der Waals surface area contributed by atoms with Gasteiger partial charge in [-0.2, -0.15) is 0 Å². The molecule has 2 rings (SSSR count). The van der Waals surface area contributed by atoms with Crippen LogP contribution < -0.4 is 5.32 Å². The highest BCUT2D eigenvalue weighted by molar-refractivity contribution is 7.21. The van der Waals surface area contributed by atoms with Gasteiger partial charge >= 0.3 is 5.97 Å². The van der Waals surface area contributed by atoms with Gasteiger partial charge in [0.2, 0.25) is 0 Å². The first-order valence-corrected chi connectivity index (χ1v) is 6.55. The molecule has 3 N–H and O–H groups in total. The van der Waals surface area contributed by atoms with Crippen molar-refractivity contribution in [2.24, 2.45) is 0 Å². The fraction of sp³-hybridized carbons (Fsp3) is 0.167. The van der Waals surface area contributed by atoms with E-state index in [1.807, 2.05) is 12.1 Å². The van der Waals surface area contributed by atoms with Crippen molar-refractivity contribution in [2.75, 3.05) is 6.61 Å². The highest BCUT2D eigenvalue weighted by Gasteiger charge is 2.23. The summed E-state index contributed by atoms with van der Waals surface area (Å²) in [7, 11) is 0. The lowest BCUT2D eigenvalue weighted by Crippen LogP contribution is -2.43. The molecule has 1 amide bonds. The number of amides is 1. The van der Waals surface area contributed by atoms with Gasteiger partial charge in [-0.1, -0.05) is 29.8 Å². The van der Waals surface area contributed by atoms with Gasteiger partial charge in [0.25, 0.3) is 5.91 Å². The van der Waals surface area contributed by atoms with E-state index in [0.717, 1.165) is 10.1 Å². The molecule has 0 spiro atoms. The third-order valence-corrected chi connectivity index (χ3v) is 4.20. The van der Waals surface area contributed by atoms with Crippen molar-refractivity contribution in [1.29, 1.82) is 0 Å². The molecule has 1 aromatic heterocycles. The zero-order chi connectivity index (χ0) is 14.0. The highest BCUT2D eigenvalue weighted by atomic mass is 35.5. The number of hydrogen-bond donors (Lipinski definition) is 3. The van der Waals surface area contributed by atoms with Crippen LogP contribution in [0.4, 0.5) is 0 Å². The van der Waals surface area contributed by atoms with Gasteiger partial charge in [-0.05, 0) is 6.07 Å². The molecule has 7 heteroatoms. The average Bonchev–Trinajstić information content (AvgIpc) is 2.73. The predicted octanol–water partition coefficient (Wildman–Crippen LogP) is 1.73. The number of aliphatic hydroxyl groups excluding tert-OH is 1. The Bertz CT molecular complexity index is 640. The zero-order valence-electron chi connectivity index (χ0n) is 9.59. The quantitative estimate of drug-likeness (QED) is 0.802. The molecule has 0 fully saturated rings. The van der Waals surface area contributed by atoms with E-state index >= 15 is 0 Å². The highest BCUT2D eigenvalue weighted by Crippen LogP contribution is 2.34. The molecule has 19 heavy (non-hydrogen) atoms. The molecule has 1 heterocycles. The maximum Gasteiger partial charge on any atom is 0.328 e. The number of carboxylic acid groups (broad SMARTS) is 1. The molecule has 0 saturated heterocycles. The van der Waals surface area contributed by atoms with Gasteiger partial charge < -0.3 is 15.5 Å². The molecule has 5 nitrogen and oxygen atoms in total. The first kappa shape index (κ1) is 13.8. The summed E-state index contributed by atoms with van der Waals surface area (Å²) in [5.74, 6) is -1.90. The normalized spacial score (nSPS) is 12.3. The monoisotopic (exact) mass is 299 g/mol. The van der Waals surface area contributed by atoms with Crippen molar-refractivity contribution in [3.8, 4) is 0 Å². The maximum atomic E-state index is 11.9. The van der Waals surface area contributed by atoms with E-state index in [2.05, 4.69) is 5.32 Å². The minimum absolute atomic E-state index is 0.238. The fourth-order valence-electron chi connectivity index (χ4n) is 1.57. The number of nitrogens with one attached hydrogen (secondary N) is 1. The number of aliphatic carboxylic acids is 1. The van der Waals surface area contributed by atoms with Gasteiger partial charge in [0.1, 0.15) is 4.88 Å². The van der Waals surface area contributed by atoms with Crippen LogP contribution in [0.2, 0.25) is 5.02 Å². The third-order valence-electron chi connectivity index (χ3n) is 2.53. The smallest absolute Gasteiger partial charge is 0.328 e. The van der Waals surface area contributed by atoms with Crippen LogP contribution >= 0.6 is 22.9 Å². The molecule has 0 radical (unpaired) electrons. The van der Waals surface area contributed by atoms with Crippen LogP contribution in [0.15, 0.2) is 24.3 Å². The van der Waals surface area contributed by atoms with Gasteiger partial charge in [-0.25, -0.2) is 4.79 Å². The van der Waals surface area contributed by atoms with Gasteiger partial charge in [-0.15, -0.1) is 11.3 Å². The Kier molecular flexibility index (Phi) is 4.04. The number of fused-ring (bicyclic) bond motifs is 1. The first-order chi connectivity index (χ1) is 9.04. The molecule has 0 aliphatic heterocycles. The van der Waals surface area contributed by atoms with Crippen molar-refractivity contribution in [3.63, 3.8) is 0 Å². The van der Waals surface area contributed by atoms with Crippen LogP contribution in [0.5, 0.6) is 0 Å². The predicted molar refractivity (Wildman–Crippen MR) is 72.8 cm³/mol. The summed E-state index contributed by atoms with van der Waals surface area (Å²) in [4.78, 5) is 22.9. The Morgan fingerprint density at radius 3 is 2.63 bits per heavy atom. The number of rotatable bonds is 4. The first-order valence-electron chi connectivity index (χ1n) is 5.36. The molecular formula is C12H10ClNO4S. The van der Waals surface area contributed by atoms with Crippen molar-refractivity contribution in [3.05, 3.63) is 34.2 Å². The second-order valence-electron chi connectivity index (χ2n) is 3.79. The minimum Gasteiger partial charge on any atom is -0.480 e. The van der Waals surface area contributed by atoms with Crippen molar-refractivity contribution >= 4 is 44.9 Å². The molecule has 2 aromatic rings. The summed E-state index contributed by atoms with van der Waals surface area (Å²) in [6.07, 6.45) is 0. The summed E-state index contributed by atoms with van der Waals surface area (Å²) in [6.45, 7) is -0.677. The molecule has 0 saturated carbocycles. The number of hydrogen-bond acceptors (Lipinski definition) is 4. The van der Waals surface area contributed by atoms with Gasteiger partial charge in [0, 0.05) is 10.1 Å². The maximum absolute atomic E-state index is 11.9. The summed E-state index contributed by atoms with van der Waals surface area (Å²) in [5, 5.41) is 20.9. The largest absolute Gasteiger partial charge is 0.480 e. The molecule has 100 valence electrons. The summed E-state index contributed by atoms with van der Waals surface area (Å²) < 4.78 is 0.841. The molecule has 0 aliphatic rings. The molecule has 1 atom stereocenters. The Hall–Kier alpha value is -1.63. The van der Waals surface area contributed by atoms with Crippen LogP contribution in [0, 0.1) is 0 Å². The average molecular weight is 300 g/mol. The van der Waals surface area contributed by atoms with Gasteiger partial charge in [0.15, 0.2) is 6.04 Å². The van der Waals surface area contributed by atoms with E-state index < -0.39 is 24.5 Å². The van der Waals surface area contributed by atoms with Crippen molar-refractivity contribution in [1.82, 2.24) is 5.32 Å². The molecular weight excluding hydrogens is 290 g/mol. The summed E-state index contributed by atoms with van der Waals surface area (Å²) in [6, 6.07) is 5.89.